The van der Waals surface area contributed by atoms with Gasteiger partial charge in [0, 0.05) is 6.42 Å². The molecular weight excluding hydrogens is 232 g/mol. The zero-order valence-corrected chi connectivity index (χ0v) is 12.4. The molecule has 0 aliphatic rings. The van der Waals surface area contributed by atoms with Crippen molar-refractivity contribution in [1.29, 1.82) is 0 Å². The lowest BCUT2D eigenvalue weighted by Gasteiger charge is -2.04. The molecular formula is C18H28O. The summed E-state index contributed by atoms with van der Waals surface area (Å²) in [5.41, 5.74) is 2.93. The number of aryl methyl sites for hydroxylation is 2. The predicted octanol–water partition coefficient (Wildman–Crippen LogP) is 5.11. The maximum Gasteiger partial charge on any atom is 0.119 e. The number of hydrogen-bond donors (Lipinski definition) is 0. The van der Waals surface area contributed by atoms with Gasteiger partial charge < -0.3 is 4.79 Å². The van der Waals surface area contributed by atoms with Gasteiger partial charge >= 0.3 is 0 Å². The van der Waals surface area contributed by atoms with Crippen LogP contribution in [0.4, 0.5) is 0 Å². The van der Waals surface area contributed by atoms with Crippen molar-refractivity contribution in [1.82, 2.24) is 0 Å². The van der Waals surface area contributed by atoms with Crippen LogP contribution in [-0.2, 0) is 17.6 Å². The van der Waals surface area contributed by atoms with Crippen LogP contribution >= 0.6 is 0 Å². The normalized spacial score (nSPS) is 10.6. The SMILES string of the molecule is CCCCCc1ccc(CCCCCCC=O)cc1. The molecule has 19 heavy (non-hydrogen) atoms. The Bertz CT molecular complexity index is 326. The molecule has 0 aliphatic heterocycles. The van der Waals surface area contributed by atoms with Crippen LogP contribution in [0.1, 0.15) is 69.4 Å². The molecule has 1 nitrogen and oxygen atoms in total. The van der Waals surface area contributed by atoms with Crippen molar-refractivity contribution in [2.24, 2.45) is 0 Å². The molecule has 0 unspecified atom stereocenters. The summed E-state index contributed by atoms with van der Waals surface area (Å²) in [6.45, 7) is 2.25. The lowest BCUT2D eigenvalue weighted by Crippen LogP contribution is -1.89. The Morgan fingerprint density at radius 3 is 1.84 bits per heavy atom. The van der Waals surface area contributed by atoms with Crippen LogP contribution in [0.15, 0.2) is 24.3 Å². The van der Waals surface area contributed by atoms with Crippen molar-refractivity contribution < 1.29 is 4.79 Å². The molecule has 0 spiro atoms. The second-order valence-electron chi connectivity index (χ2n) is 5.39. The van der Waals surface area contributed by atoms with Gasteiger partial charge in [0.25, 0.3) is 0 Å². The van der Waals surface area contributed by atoms with Crippen molar-refractivity contribution in [2.75, 3.05) is 0 Å². The van der Waals surface area contributed by atoms with Crippen LogP contribution in [0.25, 0.3) is 0 Å². The Hall–Kier alpha value is -1.11. The summed E-state index contributed by atoms with van der Waals surface area (Å²) in [4.78, 5) is 10.2. The first-order valence-corrected chi connectivity index (χ1v) is 7.88. The van der Waals surface area contributed by atoms with E-state index in [1.807, 2.05) is 0 Å². The molecule has 0 heterocycles. The minimum absolute atomic E-state index is 0.729. The molecule has 0 saturated carbocycles. The summed E-state index contributed by atoms with van der Waals surface area (Å²) in [7, 11) is 0. The van der Waals surface area contributed by atoms with E-state index < -0.39 is 0 Å². The standard InChI is InChI=1S/C18H28O/c1-2-3-7-10-17-12-14-18(15-13-17)11-8-5-4-6-9-16-19/h12-16H,2-11H2,1H3. The quantitative estimate of drug-likeness (QED) is 0.399. The first-order valence-electron chi connectivity index (χ1n) is 7.88. The second-order valence-corrected chi connectivity index (χ2v) is 5.39. The fourth-order valence-corrected chi connectivity index (χ4v) is 2.36. The zero-order chi connectivity index (χ0) is 13.8. The molecule has 0 aromatic heterocycles. The van der Waals surface area contributed by atoms with E-state index in [4.69, 9.17) is 0 Å². The van der Waals surface area contributed by atoms with E-state index in [0.717, 1.165) is 19.1 Å². The van der Waals surface area contributed by atoms with E-state index >= 15 is 0 Å². The number of hydrogen-bond acceptors (Lipinski definition) is 1. The summed E-state index contributed by atoms with van der Waals surface area (Å²) in [5, 5.41) is 0. The van der Waals surface area contributed by atoms with E-state index in [-0.39, 0.29) is 0 Å². The van der Waals surface area contributed by atoms with Crippen LogP contribution in [-0.4, -0.2) is 6.29 Å². The Kier molecular flexibility index (Phi) is 9.05. The van der Waals surface area contributed by atoms with Gasteiger partial charge in [0.15, 0.2) is 0 Å². The van der Waals surface area contributed by atoms with Crippen molar-refractivity contribution in [3.05, 3.63) is 35.4 Å². The topological polar surface area (TPSA) is 17.1 Å². The van der Waals surface area contributed by atoms with Crippen LogP contribution in [0.3, 0.4) is 0 Å². The van der Waals surface area contributed by atoms with E-state index in [1.165, 1.54) is 62.5 Å². The van der Waals surface area contributed by atoms with Gasteiger partial charge in [-0.05, 0) is 43.2 Å². The van der Waals surface area contributed by atoms with E-state index in [0.29, 0.717) is 0 Å². The summed E-state index contributed by atoms with van der Waals surface area (Å²) in [5.74, 6) is 0. The summed E-state index contributed by atoms with van der Waals surface area (Å²) < 4.78 is 0. The molecule has 1 aromatic rings. The van der Waals surface area contributed by atoms with Crippen LogP contribution < -0.4 is 0 Å². The zero-order valence-electron chi connectivity index (χ0n) is 12.4. The van der Waals surface area contributed by atoms with Crippen LogP contribution in [0.2, 0.25) is 0 Å². The smallest absolute Gasteiger partial charge is 0.119 e. The molecule has 1 rings (SSSR count). The molecule has 0 bridgehead atoms. The number of carbonyl (C=O) groups is 1. The molecule has 1 heteroatoms. The Labute approximate surface area is 118 Å². The Balaban J connectivity index is 2.15. The lowest BCUT2D eigenvalue weighted by atomic mass is 10.0. The number of carbonyl (C=O) groups excluding carboxylic acids is 1. The Morgan fingerprint density at radius 1 is 0.789 bits per heavy atom. The van der Waals surface area contributed by atoms with Gasteiger partial charge in [-0.3, -0.25) is 0 Å². The molecule has 0 aliphatic carbocycles. The van der Waals surface area contributed by atoms with Crippen molar-refractivity contribution in [3.8, 4) is 0 Å². The first-order chi connectivity index (χ1) is 9.36. The Morgan fingerprint density at radius 2 is 1.32 bits per heavy atom. The van der Waals surface area contributed by atoms with Crippen molar-refractivity contribution >= 4 is 6.29 Å². The van der Waals surface area contributed by atoms with Crippen molar-refractivity contribution in [3.63, 3.8) is 0 Å². The first kappa shape index (κ1) is 15.9. The van der Waals surface area contributed by atoms with Gasteiger partial charge in [0.05, 0.1) is 0 Å². The third kappa shape index (κ3) is 7.81. The van der Waals surface area contributed by atoms with Gasteiger partial charge in [-0.15, -0.1) is 0 Å². The van der Waals surface area contributed by atoms with E-state index in [1.54, 1.807) is 0 Å². The highest BCUT2D eigenvalue weighted by atomic mass is 16.1. The van der Waals surface area contributed by atoms with Crippen molar-refractivity contribution in [2.45, 2.75) is 71.1 Å². The second kappa shape index (κ2) is 10.8. The fourth-order valence-electron chi connectivity index (χ4n) is 2.36. The number of benzene rings is 1. The maximum absolute atomic E-state index is 10.2. The average Bonchev–Trinajstić information content (AvgIpc) is 2.44. The van der Waals surface area contributed by atoms with Gasteiger partial charge in [-0.25, -0.2) is 0 Å². The highest BCUT2D eigenvalue weighted by Gasteiger charge is 1.96. The number of unbranched alkanes of at least 4 members (excludes halogenated alkanes) is 6. The maximum atomic E-state index is 10.2. The molecule has 0 amide bonds. The van der Waals surface area contributed by atoms with Gasteiger partial charge in [0.2, 0.25) is 0 Å². The largest absolute Gasteiger partial charge is 0.303 e. The number of rotatable bonds is 11. The molecule has 0 fully saturated rings. The summed E-state index contributed by atoms with van der Waals surface area (Å²) in [6, 6.07) is 9.15. The molecule has 0 radical (unpaired) electrons. The molecule has 0 N–H and O–H groups in total. The molecule has 1 aromatic carbocycles. The third-order valence-corrected chi connectivity index (χ3v) is 3.63. The van der Waals surface area contributed by atoms with E-state index in [9.17, 15) is 4.79 Å². The number of aldehydes is 1. The fraction of sp³-hybridized carbons (Fsp3) is 0.611. The monoisotopic (exact) mass is 260 g/mol. The van der Waals surface area contributed by atoms with Gasteiger partial charge in [0.1, 0.15) is 6.29 Å². The van der Waals surface area contributed by atoms with E-state index in [2.05, 4.69) is 31.2 Å². The third-order valence-electron chi connectivity index (χ3n) is 3.63. The average molecular weight is 260 g/mol. The molecule has 0 saturated heterocycles. The summed E-state index contributed by atoms with van der Waals surface area (Å²) in [6.07, 6.45) is 12.8. The predicted molar refractivity (Wildman–Crippen MR) is 82.5 cm³/mol. The highest BCUT2D eigenvalue weighted by molar-refractivity contribution is 5.48. The van der Waals surface area contributed by atoms with Gasteiger partial charge in [-0.2, -0.15) is 0 Å². The minimum Gasteiger partial charge on any atom is -0.303 e. The highest BCUT2D eigenvalue weighted by Crippen LogP contribution is 2.12. The molecule has 106 valence electrons. The van der Waals surface area contributed by atoms with Gasteiger partial charge in [-0.1, -0.05) is 56.9 Å². The minimum atomic E-state index is 0.729. The van der Waals surface area contributed by atoms with Crippen LogP contribution in [0, 0.1) is 0 Å². The summed E-state index contributed by atoms with van der Waals surface area (Å²) >= 11 is 0. The lowest BCUT2D eigenvalue weighted by molar-refractivity contribution is -0.107. The van der Waals surface area contributed by atoms with Crippen LogP contribution in [0.5, 0.6) is 0 Å². The molecule has 0 atom stereocenters.